The fraction of sp³-hybridized carbons (Fsp3) is 0.350. The fourth-order valence-corrected chi connectivity index (χ4v) is 2.89. The lowest BCUT2D eigenvalue weighted by molar-refractivity contribution is 0.160. The maximum atomic E-state index is 10.3. The Morgan fingerprint density at radius 2 is 1.74 bits per heavy atom. The topological polar surface area (TPSA) is 38.1 Å². The molecule has 0 aliphatic carbocycles. The van der Waals surface area contributed by atoms with Crippen molar-refractivity contribution in [2.24, 2.45) is 0 Å². The standard InChI is InChI=1S/C20H24N2O/c1-4-19(23)20-21-17-7-5-6-8-18(17)22(20)13-15-9-11-16(12-10-15)14(2)3/h5-12,14,19,23H,4,13H2,1-3H3. The quantitative estimate of drug-likeness (QED) is 0.745. The van der Waals surface area contributed by atoms with Gasteiger partial charge in [-0.15, -0.1) is 0 Å². The summed E-state index contributed by atoms with van der Waals surface area (Å²) in [6.07, 6.45) is 0.132. The summed E-state index contributed by atoms with van der Waals surface area (Å²) in [7, 11) is 0. The maximum Gasteiger partial charge on any atom is 0.139 e. The summed E-state index contributed by atoms with van der Waals surface area (Å²) in [5.41, 5.74) is 4.58. The van der Waals surface area contributed by atoms with E-state index in [1.165, 1.54) is 11.1 Å². The molecule has 1 N–H and O–H groups in total. The maximum absolute atomic E-state index is 10.3. The zero-order valence-corrected chi connectivity index (χ0v) is 14.0. The van der Waals surface area contributed by atoms with Crippen molar-refractivity contribution in [3.63, 3.8) is 0 Å². The Bertz CT molecular complexity index is 787. The van der Waals surface area contributed by atoms with Crippen molar-refractivity contribution < 1.29 is 5.11 Å². The molecule has 3 rings (SSSR count). The Morgan fingerprint density at radius 1 is 1.04 bits per heavy atom. The van der Waals surface area contributed by atoms with Gasteiger partial charge in [0.2, 0.25) is 0 Å². The Kier molecular flexibility index (Phi) is 4.49. The van der Waals surface area contributed by atoms with E-state index in [0.717, 1.165) is 23.4 Å². The number of benzene rings is 2. The van der Waals surface area contributed by atoms with Crippen LogP contribution in [0.25, 0.3) is 11.0 Å². The second-order valence-corrected chi connectivity index (χ2v) is 6.37. The van der Waals surface area contributed by atoms with Gasteiger partial charge >= 0.3 is 0 Å². The zero-order chi connectivity index (χ0) is 16.4. The van der Waals surface area contributed by atoms with Gasteiger partial charge in [-0.05, 0) is 35.6 Å². The zero-order valence-electron chi connectivity index (χ0n) is 14.0. The first kappa shape index (κ1) is 15.8. The molecule has 1 aromatic heterocycles. The molecule has 1 unspecified atom stereocenters. The lowest BCUT2D eigenvalue weighted by Gasteiger charge is -2.13. The van der Waals surface area contributed by atoms with Gasteiger partial charge in [0, 0.05) is 6.54 Å². The van der Waals surface area contributed by atoms with Crippen molar-refractivity contribution in [2.75, 3.05) is 0 Å². The van der Waals surface area contributed by atoms with Crippen molar-refractivity contribution in [1.29, 1.82) is 0 Å². The van der Waals surface area contributed by atoms with E-state index in [-0.39, 0.29) is 0 Å². The highest BCUT2D eigenvalue weighted by atomic mass is 16.3. The number of imidazole rings is 1. The largest absolute Gasteiger partial charge is 0.385 e. The van der Waals surface area contributed by atoms with Crippen LogP contribution in [0.4, 0.5) is 0 Å². The molecule has 0 aliphatic rings. The fourth-order valence-electron chi connectivity index (χ4n) is 2.89. The van der Waals surface area contributed by atoms with Gasteiger partial charge in [0.25, 0.3) is 0 Å². The number of hydrogen-bond acceptors (Lipinski definition) is 2. The minimum absolute atomic E-state index is 0.530. The monoisotopic (exact) mass is 308 g/mol. The van der Waals surface area contributed by atoms with Crippen LogP contribution in [0.15, 0.2) is 48.5 Å². The second-order valence-electron chi connectivity index (χ2n) is 6.37. The van der Waals surface area contributed by atoms with E-state index in [2.05, 4.69) is 53.7 Å². The summed E-state index contributed by atoms with van der Waals surface area (Å²) < 4.78 is 2.13. The lowest BCUT2D eigenvalue weighted by Crippen LogP contribution is -2.09. The van der Waals surface area contributed by atoms with Crippen molar-refractivity contribution in [1.82, 2.24) is 9.55 Å². The minimum Gasteiger partial charge on any atom is -0.385 e. The number of aliphatic hydroxyl groups excluding tert-OH is 1. The van der Waals surface area contributed by atoms with Gasteiger partial charge in [-0.25, -0.2) is 4.98 Å². The molecule has 2 aromatic carbocycles. The molecule has 0 spiro atoms. The van der Waals surface area contributed by atoms with E-state index in [1.807, 2.05) is 25.1 Å². The Balaban J connectivity index is 2.00. The van der Waals surface area contributed by atoms with Gasteiger partial charge in [-0.2, -0.15) is 0 Å². The van der Waals surface area contributed by atoms with E-state index in [1.54, 1.807) is 0 Å². The molecule has 120 valence electrons. The highest BCUT2D eigenvalue weighted by molar-refractivity contribution is 5.76. The van der Waals surface area contributed by atoms with Crippen LogP contribution in [-0.2, 0) is 6.54 Å². The Morgan fingerprint density at radius 3 is 2.39 bits per heavy atom. The number of rotatable bonds is 5. The Labute approximate surface area is 137 Å². The van der Waals surface area contributed by atoms with E-state index in [9.17, 15) is 5.11 Å². The van der Waals surface area contributed by atoms with Gasteiger partial charge in [-0.3, -0.25) is 0 Å². The van der Waals surface area contributed by atoms with Crippen LogP contribution in [0.5, 0.6) is 0 Å². The SMILES string of the molecule is CCC(O)c1nc2ccccc2n1Cc1ccc(C(C)C)cc1. The van der Waals surface area contributed by atoms with Crippen LogP contribution in [0.1, 0.15) is 56.2 Å². The predicted molar refractivity (Wildman–Crippen MR) is 94.6 cm³/mol. The number of para-hydroxylation sites is 2. The smallest absolute Gasteiger partial charge is 0.139 e. The number of hydrogen-bond donors (Lipinski definition) is 1. The van der Waals surface area contributed by atoms with E-state index >= 15 is 0 Å². The van der Waals surface area contributed by atoms with Crippen LogP contribution < -0.4 is 0 Å². The van der Waals surface area contributed by atoms with Crippen LogP contribution in [0, 0.1) is 0 Å². The summed E-state index contributed by atoms with van der Waals surface area (Å²) in [6, 6.07) is 16.8. The normalized spacial score (nSPS) is 12.9. The predicted octanol–water partition coefficient (Wildman–Crippen LogP) is 4.65. The molecule has 0 saturated carbocycles. The average molecular weight is 308 g/mol. The van der Waals surface area contributed by atoms with Crippen LogP contribution >= 0.6 is 0 Å². The molecule has 23 heavy (non-hydrogen) atoms. The third-order valence-electron chi connectivity index (χ3n) is 4.36. The molecule has 1 heterocycles. The summed E-state index contributed by atoms with van der Waals surface area (Å²) in [6.45, 7) is 7.11. The van der Waals surface area contributed by atoms with Crippen LogP contribution in [0.2, 0.25) is 0 Å². The van der Waals surface area contributed by atoms with Crippen LogP contribution in [0.3, 0.4) is 0 Å². The van der Waals surface area contributed by atoms with E-state index in [0.29, 0.717) is 12.3 Å². The third kappa shape index (κ3) is 3.15. The number of aromatic nitrogens is 2. The average Bonchev–Trinajstić information content (AvgIpc) is 2.93. The molecule has 3 heteroatoms. The molecule has 0 aliphatic heterocycles. The summed E-state index contributed by atoms with van der Waals surface area (Å²) >= 11 is 0. The number of fused-ring (bicyclic) bond motifs is 1. The molecule has 3 nitrogen and oxygen atoms in total. The van der Waals surface area contributed by atoms with Crippen LogP contribution in [-0.4, -0.2) is 14.7 Å². The Hall–Kier alpha value is -2.13. The number of nitrogens with zero attached hydrogens (tertiary/aromatic N) is 2. The first-order valence-electron chi connectivity index (χ1n) is 8.32. The van der Waals surface area contributed by atoms with E-state index in [4.69, 9.17) is 0 Å². The summed E-state index contributed by atoms with van der Waals surface area (Å²) in [4.78, 5) is 4.64. The molecule has 0 saturated heterocycles. The van der Waals surface area contributed by atoms with Gasteiger partial charge in [0.05, 0.1) is 11.0 Å². The first-order valence-corrected chi connectivity index (χ1v) is 8.32. The molecule has 0 fully saturated rings. The van der Waals surface area contributed by atoms with Crippen molar-refractivity contribution in [3.8, 4) is 0 Å². The summed E-state index contributed by atoms with van der Waals surface area (Å²) in [5, 5.41) is 10.3. The molecule has 0 radical (unpaired) electrons. The second kappa shape index (κ2) is 6.55. The number of aliphatic hydroxyl groups is 1. The van der Waals surface area contributed by atoms with Gasteiger partial charge in [0.15, 0.2) is 0 Å². The molecule has 0 amide bonds. The van der Waals surface area contributed by atoms with Crippen molar-refractivity contribution >= 4 is 11.0 Å². The van der Waals surface area contributed by atoms with Gasteiger partial charge in [-0.1, -0.05) is 57.2 Å². The van der Waals surface area contributed by atoms with Crippen molar-refractivity contribution in [2.45, 2.75) is 45.8 Å². The summed E-state index contributed by atoms with van der Waals surface area (Å²) in [5.74, 6) is 1.29. The van der Waals surface area contributed by atoms with Gasteiger partial charge < -0.3 is 9.67 Å². The molecule has 0 bridgehead atoms. The molecular weight excluding hydrogens is 284 g/mol. The van der Waals surface area contributed by atoms with Crippen molar-refractivity contribution in [3.05, 3.63) is 65.5 Å². The third-order valence-corrected chi connectivity index (χ3v) is 4.36. The first-order chi connectivity index (χ1) is 11.1. The van der Waals surface area contributed by atoms with E-state index < -0.39 is 6.10 Å². The highest BCUT2D eigenvalue weighted by Gasteiger charge is 2.16. The molecular formula is C20H24N2O. The molecule has 1 atom stereocenters. The minimum atomic E-state index is -0.530. The highest BCUT2D eigenvalue weighted by Crippen LogP contribution is 2.24. The lowest BCUT2D eigenvalue weighted by atomic mass is 10.0. The molecule has 3 aromatic rings. The van der Waals surface area contributed by atoms with Gasteiger partial charge in [0.1, 0.15) is 11.9 Å².